The quantitative estimate of drug-likeness (QED) is 0.331. The van der Waals surface area contributed by atoms with E-state index in [4.69, 9.17) is 9.47 Å². The molecule has 2 aliphatic rings. The number of ether oxygens (including phenoxy) is 2. The largest absolute Gasteiger partial charge is 0.488 e. The Balaban J connectivity index is 1.28. The number of hydrogen-bond donors (Lipinski definition) is 2. The van der Waals surface area contributed by atoms with E-state index < -0.39 is 0 Å². The highest BCUT2D eigenvalue weighted by atomic mass is 16.5. The summed E-state index contributed by atoms with van der Waals surface area (Å²) in [6.07, 6.45) is 0.156. The minimum absolute atomic E-state index is 0.0126. The molecule has 2 amide bonds. The van der Waals surface area contributed by atoms with Gasteiger partial charge >= 0.3 is 0 Å². The minimum atomic E-state index is -0.362. The molecule has 0 spiro atoms. The van der Waals surface area contributed by atoms with Crippen LogP contribution in [0.5, 0.6) is 5.75 Å². The van der Waals surface area contributed by atoms with Crippen molar-refractivity contribution in [1.82, 2.24) is 14.7 Å². The molecule has 0 unspecified atom stereocenters. The Labute approximate surface area is 266 Å². The molecule has 45 heavy (non-hydrogen) atoms. The average Bonchev–Trinajstić information content (AvgIpc) is 3.06. The third-order valence-electron chi connectivity index (χ3n) is 8.71. The van der Waals surface area contributed by atoms with Crippen LogP contribution in [0.2, 0.25) is 0 Å². The number of benzene rings is 3. The van der Waals surface area contributed by atoms with Crippen LogP contribution in [0, 0.1) is 5.92 Å². The summed E-state index contributed by atoms with van der Waals surface area (Å²) in [5, 5.41) is 13.0. The number of nitrogens with zero attached hydrogens (tertiary/aromatic N) is 3. The number of aliphatic hydroxyl groups excluding tert-OH is 1. The topological polar surface area (TPSA) is 94.6 Å². The van der Waals surface area contributed by atoms with Crippen molar-refractivity contribution in [2.24, 2.45) is 5.92 Å². The van der Waals surface area contributed by atoms with E-state index in [1.54, 1.807) is 23.1 Å². The van der Waals surface area contributed by atoms with Gasteiger partial charge in [-0.2, -0.15) is 0 Å². The Bertz CT molecular complexity index is 1410. The number of hydrogen-bond acceptors (Lipinski definition) is 7. The van der Waals surface area contributed by atoms with E-state index in [2.05, 4.69) is 65.5 Å². The van der Waals surface area contributed by atoms with Crippen LogP contribution in [0.25, 0.3) is 11.1 Å². The summed E-state index contributed by atoms with van der Waals surface area (Å²) in [7, 11) is 2.08. The van der Waals surface area contributed by atoms with Gasteiger partial charge in [-0.3, -0.25) is 19.4 Å². The number of likely N-dealkylation sites (N-methyl/N-ethyl adjacent to an activating group) is 1. The smallest absolute Gasteiger partial charge is 0.258 e. The van der Waals surface area contributed by atoms with Crippen molar-refractivity contribution < 1.29 is 24.2 Å². The fourth-order valence-corrected chi connectivity index (χ4v) is 5.94. The van der Waals surface area contributed by atoms with Gasteiger partial charge in [-0.05, 0) is 48.9 Å². The third-order valence-corrected chi connectivity index (χ3v) is 8.71. The van der Waals surface area contributed by atoms with E-state index in [1.807, 2.05) is 25.1 Å². The van der Waals surface area contributed by atoms with Gasteiger partial charge in [-0.25, -0.2) is 0 Å². The lowest BCUT2D eigenvalue weighted by molar-refractivity contribution is -0.116. The summed E-state index contributed by atoms with van der Waals surface area (Å²) in [6.45, 7) is 9.33. The summed E-state index contributed by atoms with van der Waals surface area (Å²) in [5.74, 6) is 0.177. The van der Waals surface area contributed by atoms with Crippen LogP contribution in [0.1, 0.15) is 36.2 Å². The number of morpholine rings is 1. The molecule has 9 nitrogen and oxygen atoms in total. The third kappa shape index (κ3) is 8.70. The van der Waals surface area contributed by atoms with E-state index in [9.17, 15) is 14.7 Å². The molecule has 2 heterocycles. The SMILES string of the molecule is C[C@H]1CN([C@@H](C)CO)C(=O)c2cc(NC(=O)CCN3CCOCC3)ccc2O[C@H]1CN(C)Cc1ccc(-c2ccccc2)cc1. The highest BCUT2D eigenvalue weighted by Gasteiger charge is 2.33. The molecule has 240 valence electrons. The summed E-state index contributed by atoms with van der Waals surface area (Å²) in [4.78, 5) is 32.8. The van der Waals surface area contributed by atoms with Gasteiger partial charge in [0.05, 0.1) is 31.4 Å². The maximum Gasteiger partial charge on any atom is 0.258 e. The summed E-state index contributed by atoms with van der Waals surface area (Å²) >= 11 is 0. The normalized spacial score (nSPS) is 19.8. The van der Waals surface area contributed by atoms with Crippen LogP contribution in [0.3, 0.4) is 0 Å². The molecular weight excluding hydrogens is 568 g/mol. The van der Waals surface area contributed by atoms with Gasteiger partial charge in [0.25, 0.3) is 5.91 Å². The van der Waals surface area contributed by atoms with Gasteiger partial charge in [0.2, 0.25) is 5.91 Å². The standard InChI is InChI=1S/C36H46N4O5/c1-26-22-40(27(2)25-41)36(43)32-21-31(37-35(42)15-16-39-17-19-44-20-18-39)13-14-33(32)45-34(26)24-38(3)23-28-9-11-30(12-10-28)29-7-5-4-6-8-29/h4-14,21,26-27,34,41H,15-20,22-25H2,1-3H3,(H,37,42)/t26-,27-,34-/m0/s1. The monoisotopic (exact) mass is 614 g/mol. The number of carbonyl (C=O) groups excluding carboxylic acids is 2. The van der Waals surface area contributed by atoms with Crippen LogP contribution in [0.15, 0.2) is 72.8 Å². The molecule has 3 aromatic carbocycles. The maximum absolute atomic E-state index is 13.8. The van der Waals surface area contributed by atoms with Gasteiger partial charge in [0.1, 0.15) is 11.9 Å². The number of carbonyl (C=O) groups is 2. The van der Waals surface area contributed by atoms with Gasteiger partial charge in [0.15, 0.2) is 0 Å². The molecule has 0 radical (unpaired) electrons. The number of nitrogens with one attached hydrogen (secondary N) is 1. The lowest BCUT2D eigenvalue weighted by Crippen LogP contribution is -2.49. The van der Waals surface area contributed by atoms with E-state index in [0.717, 1.165) is 19.6 Å². The first kappa shape index (κ1) is 32.6. The summed E-state index contributed by atoms with van der Waals surface area (Å²) < 4.78 is 12.0. The first-order valence-corrected chi connectivity index (χ1v) is 16.0. The van der Waals surface area contributed by atoms with E-state index in [-0.39, 0.29) is 36.5 Å². The molecule has 2 aliphatic heterocycles. The summed E-state index contributed by atoms with van der Waals surface area (Å²) in [6, 6.07) is 23.9. The lowest BCUT2D eigenvalue weighted by Gasteiger charge is -2.38. The molecule has 0 saturated carbocycles. The molecule has 1 saturated heterocycles. The number of anilines is 1. The van der Waals surface area contributed by atoms with Crippen LogP contribution in [-0.4, -0.2) is 103 Å². The molecule has 9 heteroatoms. The second-order valence-electron chi connectivity index (χ2n) is 12.3. The van der Waals surface area contributed by atoms with Crippen LogP contribution < -0.4 is 10.1 Å². The van der Waals surface area contributed by atoms with Crippen LogP contribution >= 0.6 is 0 Å². The zero-order valence-electron chi connectivity index (χ0n) is 26.7. The predicted octanol–water partition coefficient (Wildman–Crippen LogP) is 4.37. The van der Waals surface area contributed by atoms with Crippen molar-refractivity contribution in [3.8, 4) is 16.9 Å². The molecule has 3 atom stereocenters. The second kappa shape index (κ2) is 15.5. The fourth-order valence-electron chi connectivity index (χ4n) is 5.94. The van der Waals surface area contributed by atoms with Crippen molar-refractivity contribution in [2.75, 3.05) is 64.9 Å². The number of aliphatic hydroxyl groups is 1. The van der Waals surface area contributed by atoms with Gasteiger partial charge < -0.3 is 24.8 Å². The van der Waals surface area contributed by atoms with Crippen LogP contribution in [-0.2, 0) is 16.1 Å². The zero-order chi connectivity index (χ0) is 31.8. The average molecular weight is 615 g/mol. The van der Waals surface area contributed by atoms with Crippen molar-refractivity contribution in [2.45, 2.75) is 39.0 Å². The Kier molecular flexibility index (Phi) is 11.2. The van der Waals surface area contributed by atoms with Crippen molar-refractivity contribution >= 4 is 17.5 Å². The fraction of sp³-hybridized carbons (Fsp3) is 0.444. The second-order valence-corrected chi connectivity index (χ2v) is 12.3. The van der Waals surface area contributed by atoms with Gasteiger partial charge in [-0.1, -0.05) is 61.5 Å². The molecule has 0 aliphatic carbocycles. The Morgan fingerprint density at radius 3 is 2.47 bits per heavy atom. The lowest BCUT2D eigenvalue weighted by atomic mass is 9.99. The highest BCUT2D eigenvalue weighted by molar-refractivity contribution is 6.00. The Morgan fingerprint density at radius 2 is 1.76 bits per heavy atom. The van der Waals surface area contributed by atoms with Crippen molar-refractivity contribution in [3.05, 3.63) is 83.9 Å². The number of rotatable bonds is 11. The van der Waals surface area contributed by atoms with Crippen molar-refractivity contribution in [3.63, 3.8) is 0 Å². The molecule has 3 aromatic rings. The van der Waals surface area contributed by atoms with Gasteiger partial charge in [-0.15, -0.1) is 0 Å². The van der Waals surface area contributed by atoms with Crippen LogP contribution in [0.4, 0.5) is 5.69 Å². The number of amides is 2. The van der Waals surface area contributed by atoms with E-state index in [1.165, 1.54) is 16.7 Å². The predicted molar refractivity (Wildman–Crippen MR) is 176 cm³/mol. The molecule has 2 N–H and O–H groups in total. The molecular formula is C36H46N4O5. The summed E-state index contributed by atoms with van der Waals surface area (Å²) in [5.41, 5.74) is 4.52. The van der Waals surface area contributed by atoms with E-state index >= 15 is 0 Å². The first-order chi connectivity index (χ1) is 21.8. The number of fused-ring (bicyclic) bond motifs is 1. The molecule has 0 aromatic heterocycles. The first-order valence-electron chi connectivity index (χ1n) is 16.0. The van der Waals surface area contributed by atoms with E-state index in [0.29, 0.717) is 56.3 Å². The van der Waals surface area contributed by atoms with Crippen molar-refractivity contribution in [1.29, 1.82) is 0 Å². The van der Waals surface area contributed by atoms with Gasteiger partial charge in [0, 0.05) is 57.3 Å². The molecule has 1 fully saturated rings. The molecule has 0 bridgehead atoms. The zero-order valence-corrected chi connectivity index (χ0v) is 26.7. The highest BCUT2D eigenvalue weighted by Crippen LogP contribution is 2.31. The maximum atomic E-state index is 13.8. The molecule has 5 rings (SSSR count). The minimum Gasteiger partial charge on any atom is -0.488 e. The Hall–Kier alpha value is -3.76. The Morgan fingerprint density at radius 1 is 1.04 bits per heavy atom.